The number of nitrogens with zero attached hydrogens (tertiary/aromatic N) is 3. The van der Waals surface area contributed by atoms with Crippen LogP contribution in [-0.4, -0.2) is 54.1 Å². The normalized spacial score (nSPS) is 17.2. The zero-order valence-electron chi connectivity index (χ0n) is 18.2. The second kappa shape index (κ2) is 9.42. The van der Waals surface area contributed by atoms with Gasteiger partial charge in [0.05, 0.1) is 24.7 Å². The van der Waals surface area contributed by atoms with Crippen molar-refractivity contribution < 1.29 is 27.1 Å². The van der Waals surface area contributed by atoms with Crippen LogP contribution in [0.25, 0.3) is 0 Å². The van der Waals surface area contributed by atoms with E-state index in [1.807, 2.05) is 0 Å². The highest BCUT2D eigenvalue weighted by Crippen LogP contribution is 2.31. The predicted molar refractivity (Wildman–Crippen MR) is 117 cm³/mol. The molecule has 2 aliphatic rings. The molecule has 1 saturated heterocycles. The Labute approximate surface area is 191 Å². The molecule has 2 heterocycles. The molecule has 3 amide bonds. The van der Waals surface area contributed by atoms with Gasteiger partial charge >= 0.3 is 6.03 Å². The number of urea groups is 1. The molecule has 33 heavy (non-hydrogen) atoms. The summed E-state index contributed by atoms with van der Waals surface area (Å²) >= 11 is 0. The lowest BCUT2D eigenvalue weighted by molar-refractivity contribution is -0.118. The lowest BCUT2D eigenvalue weighted by Gasteiger charge is -2.15. The number of sulfone groups is 1. The van der Waals surface area contributed by atoms with E-state index in [4.69, 9.17) is 4.74 Å². The molecule has 0 radical (unpaired) electrons. The van der Waals surface area contributed by atoms with Gasteiger partial charge in [-0.15, -0.1) is 0 Å². The maximum atomic E-state index is 14.0. The molecule has 1 atom stereocenters. The maximum absolute atomic E-state index is 14.0. The molecule has 4 rings (SSSR count). The summed E-state index contributed by atoms with van der Waals surface area (Å²) in [4.78, 5) is 32.3. The second-order valence-electron chi connectivity index (χ2n) is 8.62. The molecule has 1 aliphatic heterocycles. The molecule has 1 aromatic heterocycles. The van der Waals surface area contributed by atoms with E-state index in [1.54, 1.807) is 19.1 Å². The van der Waals surface area contributed by atoms with E-state index in [0.717, 1.165) is 12.8 Å². The highest BCUT2D eigenvalue weighted by Gasteiger charge is 2.27. The van der Waals surface area contributed by atoms with Gasteiger partial charge in [-0.3, -0.25) is 10.1 Å². The average Bonchev–Trinajstić information content (AvgIpc) is 3.52. The molecule has 1 saturated carbocycles. The minimum Gasteiger partial charge on any atom is -0.490 e. The van der Waals surface area contributed by atoms with E-state index in [1.165, 1.54) is 23.4 Å². The molecule has 0 unspecified atom stereocenters. The lowest BCUT2D eigenvalue weighted by atomic mass is 10.0. The third-order valence-corrected chi connectivity index (χ3v) is 7.33. The van der Waals surface area contributed by atoms with Gasteiger partial charge in [0.25, 0.3) is 0 Å². The molecule has 11 heteroatoms. The summed E-state index contributed by atoms with van der Waals surface area (Å²) in [5.74, 6) is -0.632. The van der Waals surface area contributed by atoms with Crippen molar-refractivity contribution in [2.24, 2.45) is 5.92 Å². The number of hydrogen-bond acceptors (Lipinski definition) is 7. The van der Waals surface area contributed by atoms with Crippen LogP contribution in [0.4, 0.5) is 9.18 Å². The SMILES string of the molecule is C[C@@H](CS(=O)(=O)Cc1cnc(CN2CC(=O)NC2=O)nc1)c1ccc(F)c(OCC2CC2)c1. The van der Waals surface area contributed by atoms with Crippen LogP contribution in [0.5, 0.6) is 5.75 Å². The van der Waals surface area contributed by atoms with Crippen LogP contribution in [0.3, 0.4) is 0 Å². The number of nitrogens with one attached hydrogen (secondary N) is 1. The summed E-state index contributed by atoms with van der Waals surface area (Å²) in [6.45, 7) is 2.24. The Balaban J connectivity index is 1.35. The van der Waals surface area contributed by atoms with Crippen LogP contribution in [0, 0.1) is 11.7 Å². The molecule has 1 N–H and O–H groups in total. The predicted octanol–water partition coefficient (Wildman–Crippen LogP) is 2.17. The van der Waals surface area contributed by atoms with Crippen molar-refractivity contribution in [3.8, 4) is 5.75 Å². The average molecular weight is 477 g/mol. The number of ether oxygens (including phenoxy) is 1. The number of benzene rings is 1. The quantitative estimate of drug-likeness (QED) is 0.522. The molecule has 2 aromatic rings. The Morgan fingerprint density at radius 3 is 2.61 bits per heavy atom. The minimum atomic E-state index is -3.51. The van der Waals surface area contributed by atoms with Gasteiger partial charge in [-0.2, -0.15) is 0 Å². The zero-order valence-corrected chi connectivity index (χ0v) is 19.0. The Hall–Kier alpha value is -3.08. The zero-order chi connectivity index (χ0) is 23.6. The van der Waals surface area contributed by atoms with E-state index in [-0.39, 0.29) is 42.2 Å². The Bertz CT molecular complexity index is 1150. The monoisotopic (exact) mass is 476 g/mol. The third-order valence-electron chi connectivity index (χ3n) is 5.55. The summed E-state index contributed by atoms with van der Waals surface area (Å²) in [7, 11) is -3.51. The van der Waals surface area contributed by atoms with Crippen molar-refractivity contribution in [1.29, 1.82) is 0 Å². The van der Waals surface area contributed by atoms with Crippen molar-refractivity contribution in [2.75, 3.05) is 18.9 Å². The van der Waals surface area contributed by atoms with Gasteiger partial charge in [0.2, 0.25) is 5.91 Å². The molecule has 176 valence electrons. The van der Waals surface area contributed by atoms with E-state index < -0.39 is 21.7 Å². The standard InChI is InChI=1S/C22H25FN4O5S/c1-14(17-4-5-18(23)19(6-17)32-11-15-2-3-15)12-33(30,31)13-16-7-24-20(25-8-16)9-27-10-21(28)26-22(27)29/h4-8,14-15H,2-3,9-13H2,1H3,(H,26,28,29)/t14-/m0/s1. The van der Waals surface area contributed by atoms with Crippen LogP contribution in [-0.2, 0) is 26.9 Å². The lowest BCUT2D eigenvalue weighted by Crippen LogP contribution is -2.28. The number of carbonyl (C=O) groups excluding carboxylic acids is 2. The molecule has 1 aliphatic carbocycles. The summed E-state index contributed by atoms with van der Waals surface area (Å²) in [5, 5.41) is 2.17. The summed E-state index contributed by atoms with van der Waals surface area (Å²) in [6.07, 6.45) is 4.99. The fraction of sp³-hybridized carbons (Fsp3) is 0.455. The highest BCUT2D eigenvalue weighted by atomic mass is 32.2. The van der Waals surface area contributed by atoms with Crippen molar-refractivity contribution >= 4 is 21.8 Å². The molecule has 1 aromatic carbocycles. The van der Waals surface area contributed by atoms with Crippen LogP contribution >= 0.6 is 0 Å². The van der Waals surface area contributed by atoms with Crippen molar-refractivity contribution in [3.63, 3.8) is 0 Å². The summed E-state index contributed by atoms with van der Waals surface area (Å²) in [5.41, 5.74) is 1.11. The number of imide groups is 1. The number of rotatable bonds is 10. The number of hydrogen-bond donors (Lipinski definition) is 1. The first kappa shape index (κ1) is 23.1. The van der Waals surface area contributed by atoms with Gasteiger partial charge < -0.3 is 9.64 Å². The van der Waals surface area contributed by atoms with Crippen LogP contribution in [0.2, 0.25) is 0 Å². The second-order valence-corrected chi connectivity index (χ2v) is 10.7. The summed E-state index contributed by atoms with van der Waals surface area (Å²) < 4.78 is 45.1. The van der Waals surface area contributed by atoms with Gasteiger partial charge in [-0.05, 0) is 42.4 Å². The number of aromatic nitrogens is 2. The Kier molecular flexibility index (Phi) is 6.59. The molecule has 0 spiro atoms. The largest absolute Gasteiger partial charge is 0.490 e. The van der Waals surface area contributed by atoms with Crippen LogP contribution in [0.15, 0.2) is 30.6 Å². The van der Waals surface area contributed by atoms with Crippen LogP contribution < -0.4 is 10.1 Å². The van der Waals surface area contributed by atoms with E-state index in [9.17, 15) is 22.4 Å². The van der Waals surface area contributed by atoms with Crippen molar-refractivity contribution in [3.05, 3.63) is 53.4 Å². The summed E-state index contributed by atoms with van der Waals surface area (Å²) in [6, 6.07) is 3.96. The van der Waals surface area contributed by atoms with Gasteiger partial charge in [-0.25, -0.2) is 27.6 Å². The Morgan fingerprint density at radius 2 is 1.97 bits per heavy atom. The topological polar surface area (TPSA) is 119 Å². The maximum Gasteiger partial charge on any atom is 0.324 e. The van der Waals surface area contributed by atoms with Gasteiger partial charge in [0.1, 0.15) is 12.4 Å². The fourth-order valence-electron chi connectivity index (χ4n) is 3.54. The fourth-order valence-corrected chi connectivity index (χ4v) is 5.27. The number of halogens is 1. The number of carbonyl (C=O) groups is 2. The van der Waals surface area contributed by atoms with Crippen LogP contribution in [0.1, 0.15) is 42.6 Å². The molecular weight excluding hydrogens is 451 g/mol. The minimum absolute atomic E-state index is 0.0529. The van der Waals surface area contributed by atoms with E-state index in [2.05, 4.69) is 15.3 Å². The molecule has 9 nitrogen and oxygen atoms in total. The van der Waals surface area contributed by atoms with Crippen molar-refractivity contribution in [1.82, 2.24) is 20.2 Å². The number of amides is 3. The molecule has 0 bridgehead atoms. The first-order chi connectivity index (χ1) is 15.7. The van der Waals surface area contributed by atoms with E-state index >= 15 is 0 Å². The Morgan fingerprint density at radius 1 is 1.24 bits per heavy atom. The van der Waals surface area contributed by atoms with E-state index in [0.29, 0.717) is 29.5 Å². The first-order valence-corrected chi connectivity index (χ1v) is 12.5. The molecule has 2 fully saturated rings. The first-order valence-electron chi connectivity index (χ1n) is 10.7. The van der Waals surface area contributed by atoms with Gasteiger partial charge in [-0.1, -0.05) is 13.0 Å². The smallest absolute Gasteiger partial charge is 0.324 e. The highest BCUT2D eigenvalue weighted by molar-refractivity contribution is 7.90. The third kappa shape index (κ3) is 6.25. The van der Waals surface area contributed by atoms with Gasteiger partial charge in [0.15, 0.2) is 21.4 Å². The molecular formula is C22H25FN4O5S. The van der Waals surface area contributed by atoms with Crippen molar-refractivity contribution in [2.45, 2.75) is 38.0 Å². The van der Waals surface area contributed by atoms with Gasteiger partial charge in [0, 0.05) is 18.0 Å².